The molecule has 1 aliphatic rings. The highest BCUT2D eigenvalue weighted by molar-refractivity contribution is 6.04. The number of fused-ring (bicyclic) bond motifs is 1. The second-order valence-electron chi connectivity index (χ2n) is 8.21. The lowest BCUT2D eigenvalue weighted by atomic mass is 10.1. The third kappa shape index (κ3) is 4.95. The van der Waals surface area contributed by atoms with Crippen LogP contribution >= 0.6 is 12.4 Å². The van der Waals surface area contributed by atoms with E-state index in [2.05, 4.69) is 25.6 Å². The second kappa shape index (κ2) is 10.1. The summed E-state index contributed by atoms with van der Waals surface area (Å²) in [6.07, 6.45) is -0.153. The number of rotatable bonds is 4. The number of carbonyl (C=O) groups is 1. The minimum atomic E-state index is -4.53. The molecule has 188 valence electrons. The van der Waals surface area contributed by atoms with E-state index in [1.54, 1.807) is 24.3 Å². The molecule has 4 heterocycles. The van der Waals surface area contributed by atoms with Crippen molar-refractivity contribution in [3.63, 3.8) is 0 Å². The van der Waals surface area contributed by atoms with E-state index in [0.29, 0.717) is 28.1 Å². The van der Waals surface area contributed by atoms with Gasteiger partial charge in [0.05, 0.1) is 17.0 Å². The van der Waals surface area contributed by atoms with Crippen LogP contribution in [-0.2, 0) is 6.18 Å². The molecule has 1 saturated heterocycles. The third-order valence-corrected chi connectivity index (χ3v) is 5.88. The average Bonchev–Trinajstić information content (AvgIpc) is 3.25. The van der Waals surface area contributed by atoms with E-state index in [1.165, 1.54) is 6.33 Å². The van der Waals surface area contributed by atoms with Gasteiger partial charge in [0.15, 0.2) is 5.65 Å². The van der Waals surface area contributed by atoms with Crippen molar-refractivity contribution in [3.05, 3.63) is 60.0 Å². The Labute approximate surface area is 209 Å². The van der Waals surface area contributed by atoms with Crippen LogP contribution in [0, 0.1) is 0 Å². The predicted octanol–water partition coefficient (Wildman–Crippen LogP) is 4.09. The average molecular weight is 519 g/mol. The summed E-state index contributed by atoms with van der Waals surface area (Å²) in [6.45, 7) is 1.72. The third-order valence-electron chi connectivity index (χ3n) is 5.88. The number of hydrogen-bond acceptors (Lipinski definition) is 7. The molecule has 4 N–H and O–H groups in total. The Kier molecular flexibility index (Phi) is 7.09. The number of aromatic nitrogens is 5. The Morgan fingerprint density at radius 2 is 1.92 bits per heavy atom. The molecule has 1 aliphatic heterocycles. The van der Waals surface area contributed by atoms with Crippen molar-refractivity contribution in [1.29, 1.82) is 0 Å². The molecule has 0 radical (unpaired) electrons. The number of nitrogen functional groups attached to an aromatic ring is 1. The quantitative estimate of drug-likeness (QED) is 0.372. The maximum atomic E-state index is 12.9. The van der Waals surface area contributed by atoms with Gasteiger partial charge in [0.2, 0.25) is 0 Å². The summed E-state index contributed by atoms with van der Waals surface area (Å²) in [5.74, 6) is -0.475. The molecule has 9 nitrogen and oxygen atoms in total. The fourth-order valence-electron chi connectivity index (χ4n) is 4.14. The number of carbonyl (C=O) groups excluding carboxylic acids is 1. The Bertz CT molecular complexity index is 1380. The van der Waals surface area contributed by atoms with Gasteiger partial charge in [0, 0.05) is 23.9 Å². The predicted molar refractivity (Wildman–Crippen MR) is 131 cm³/mol. The van der Waals surface area contributed by atoms with Crippen LogP contribution in [0.25, 0.3) is 22.3 Å². The van der Waals surface area contributed by atoms with Gasteiger partial charge in [-0.3, -0.25) is 4.79 Å². The van der Waals surface area contributed by atoms with E-state index < -0.39 is 17.6 Å². The lowest BCUT2D eigenvalue weighted by Crippen LogP contribution is -2.32. The van der Waals surface area contributed by atoms with Gasteiger partial charge in [-0.25, -0.2) is 19.6 Å². The number of pyridine rings is 1. The van der Waals surface area contributed by atoms with Crippen LogP contribution in [0.5, 0.6) is 0 Å². The Hall–Kier alpha value is -3.77. The van der Waals surface area contributed by atoms with Crippen LogP contribution in [-0.4, -0.2) is 43.7 Å². The summed E-state index contributed by atoms with van der Waals surface area (Å²) in [6, 6.07) is 8.27. The number of hydrogen-bond donors (Lipinski definition) is 3. The lowest BCUT2D eigenvalue weighted by molar-refractivity contribution is -0.137. The number of nitrogens with one attached hydrogen (secondary N) is 2. The minimum Gasteiger partial charge on any atom is -0.383 e. The lowest BCUT2D eigenvalue weighted by Gasteiger charge is -2.23. The monoisotopic (exact) mass is 518 g/mol. The van der Waals surface area contributed by atoms with Crippen molar-refractivity contribution in [2.24, 2.45) is 0 Å². The van der Waals surface area contributed by atoms with E-state index in [-0.39, 0.29) is 29.8 Å². The molecule has 0 spiro atoms. The Balaban J connectivity index is 0.00000304. The van der Waals surface area contributed by atoms with Gasteiger partial charge in [-0.2, -0.15) is 18.3 Å². The number of amides is 1. The van der Waals surface area contributed by atoms with E-state index >= 15 is 0 Å². The SMILES string of the molecule is Cl.Nc1ncnc2c1c(-c1ccc(C(=O)Nc3cc(C(F)(F)F)ccn3)cc1)nn2[C@@H]1CCCNC1. The first-order valence-electron chi connectivity index (χ1n) is 11.0. The first-order chi connectivity index (χ1) is 16.8. The van der Waals surface area contributed by atoms with E-state index in [1.807, 2.05) is 4.68 Å². The first-order valence-corrected chi connectivity index (χ1v) is 11.0. The van der Waals surface area contributed by atoms with Gasteiger partial charge in [-0.05, 0) is 43.7 Å². The van der Waals surface area contributed by atoms with Crippen LogP contribution in [0.1, 0.15) is 34.8 Å². The van der Waals surface area contributed by atoms with Crippen molar-refractivity contribution in [2.45, 2.75) is 25.1 Å². The summed E-state index contributed by atoms with van der Waals surface area (Å²) >= 11 is 0. The number of nitrogens with two attached hydrogens (primary N) is 1. The molecule has 1 atom stereocenters. The second-order valence-corrected chi connectivity index (χ2v) is 8.21. The van der Waals surface area contributed by atoms with Crippen LogP contribution in [0.4, 0.5) is 24.8 Å². The van der Waals surface area contributed by atoms with Gasteiger partial charge in [0.25, 0.3) is 5.91 Å². The molecule has 13 heteroatoms. The van der Waals surface area contributed by atoms with Crippen LogP contribution in [0.15, 0.2) is 48.9 Å². The number of anilines is 2. The summed E-state index contributed by atoms with van der Waals surface area (Å²) < 4.78 is 40.6. The molecule has 36 heavy (non-hydrogen) atoms. The van der Waals surface area contributed by atoms with Gasteiger partial charge in [-0.15, -0.1) is 12.4 Å². The van der Waals surface area contributed by atoms with Crippen LogP contribution in [0.3, 0.4) is 0 Å². The van der Waals surface area contributed by atoms with Crippen molar-refractivity contribution in [1.82, 2.24) is 30.0 Å². The van der Waals surface area contributed by atoms with Gasteiger partial charge < -0.3 is 16.4 Å². The van der Waals surface area contributed by atoms with E-state index in [9.17, 15) is 18.0 Å². The summed E-state index contributed by atoms with van der Waals surface area (Å²) in [4.78, 5) is 24.9. The summed E-state index contributed by atoms with van der Waals surface area (Å²) in [5, 5.41) is 11.2. The zero-order valence-electron chi connectivity index (χ0n) is 18.8. The van der Waals surface area contributed by atoms with Crippen molar-refractivity contribution >= 4 is 41.0 Å². The fraction of sp³-hybridized carbons (Fsp3) is 0.261. The standard InChI is InChI=1S/C23H21F3N8O.ClH/c24-23(25,26)15-7-9-29-17(10-15)32-22(35)14-5-3-13(4-6-14)19-18-20(27)30-12-31-21(18)34(33-19)16-2-1-8-28-11-16;/h3-7,9-10,12,16,28H,1-2,8,11H2,(H2,27,30,31)(H,29,32,35);1H/t16-;/m1./s1. The number of benzene rings is 1. The molecule has 5 rings (SSSR count). The minimum absolute atomic E-state index is 0. The van der Waals surface area contributed by atoms with Gasteiger partial charge in [-0.1, -0.05) is 12.1 Å². The summed E-state index contributed by atoms with van der Waals surface area (Å²) in [7, 11) is 0. The zero-order valence-corrected chi connectivity index (χ0v) is 19.6. The molecule has 0 saturated carbocycles. The zero-order chi connectivity index (χ0) is 24.6. The smallest absolute Gasteiger partial charge is 0.383 e. The molecular formula is C23H22ClF3N8O. The number of nitrogens with zero attached hydrogens (tertiary/aromatic N) is 5. The Morgan fingerprint density at radius 3 is 2.61 bits per heavy atom. The largest absolute Gasteiger partial charge is 0.416 e. The topological polar surface area (TPSA) is 124 Å². The van der Waals surface area contributed by atoms with Crippen molar-refractivity contribution < 1.29 is 18.0 Å². The molecule has 0 bridgehead atoms. The Morgan fingerprint density at radius 1 is 1.14 bits per heavy atom. The normalized spacial score (nSPS) is 15.9. The fourth-order valence-corrected chi connectivity index (χ4v) is 4.14. The number of halogens is 4. The molecular weight excluding hydrogens is 497 g/mol. The van der Waals surface area contributed by atoms with Gasteiger partial charge in [0.1, 0.15) is 23.7 Å². The van der Waals surface area contributed by atoms with E-state index in [0.717, 1.165) is 44.3 Å². The molecule has 1 amide bonds. The highest BCUT2D eigenvalue weighted by Gasteiger charge is 2.31. The molecule has 1 aromatic carbocycles. The van der Waals surface area contributed by atoms with Gasteiger partial charge >= 0.3 is 6.18 Å². The molecule has 0 aliphatic carbocycles. The maximum absolute atomic E-state index is 12.9. The van der Waals surface area contributed by atoms with E-state index in [4.69, 9.17) is 10.8 Å². The molecule has 1 fully saturated rings. The summed E-state index contributed by atoms with van der Waals surface area (Å²) in [5.41, 5.74) is 7.46. The highest BCUT2D eigenvalue weighted by Crippen LogP contribution is 2.33. The molecule has 3 aromatic heterocycles. The van der Waals surface area contributed by atoms with Crippen molar-refractivity contribution in [2.75, 3.05) is 24.1 Å². The first kappa shape index (κ1) is 25.3. The number of alkyl halides is 3. The molecule has 0 unspecified atom stereocenters. The maximum Gasteiger partial charge on any atom is 0.416 e. The highest BCUT2D eigenvalue weighted by atomic mass is 35.5. The van der Waals surface area contributed by atoms with Crippen LogP contribution < -0.4 is 16.4 Å². The van der Waals surface area contributed by atoms with Crippen LogP contribution in [0.2, 0.25) is 0 Å². The van der Waals surface area contributed by atoms with Crippen molar-refractivity contribution in [3.8, 4) is 11.3 Å². The number of piperidine rings is 1. The molecule has 4 aromatic rings.